The Balaban J connectivity index is 1.63. The molecule has 1 aliphatic heterocycles. The van der Waals surface area contributed by atoms with Crippen LogP contribution in [-0.4, -0.2) is 36.6 Å². The lowest BCUT2D eigenvalue weighted by Crippen LogP contribution is -2.34. The highest BCUT2D eigenvalue weighted by molar-refractivity contribution is 7.89. The van der Waals surface area contributed by atoms with Gasteiger partial charge in [0.1, 0.15) is 18.2 Å². The Kier molecular flexibility index (Phi) is 5.11. The van der Waals surface area contributed by atoms with E-state index in [-0.39, 0.29) is 24.2 Å². The zero-order valence-corrected chi connectivity index (χ0v) is 14.0. The molecule has 1 atom stereocenters. The smallest absolute Gasteiger partial charge is 0.218 e. The molecule has 0 aliphatic carbocycles. The van der Waals surface area contributed by atoms with Gasteiger partial charge >= 0.3 is 0 Å². The molecule has 2 heterocycles. The first-order valence-corrected chi connectivity index (χ1v) is 9.46. The second-order valence-corrected chi connectivity index (χ2v) is 7.68. The molecule has 0 saturated carbocycles. The van der Waals surface area contributed by atoms with Gasteiger partial charge in [0.05, 0.1) is 17.5 Å². The second-order valence-electron chi connectivity index (χ2n) is 5.64. The number of pyridine rings is 1. The van der Waals surface area contributed by atoms with Crippen LogP contribution in [0.25, 0.3) is 0 Å². The van der Waals surface area contributed by atoms with E-state index in [4.69, 9.17) is 4.74 Å². The number of benzene rings is 1. The average molecular weight is 350 g/mol. The predicted octanol–water partition coefficient (Wildman–Crippen LogP) is 2.77. The van der Waals surface area contributed by atoms with Crippen LogP contribution < -0.4 is 4.74 Å². The summed E-state index contributed by atoms with van der Waals surface area (Å²) in [5.74, 6) is -0.0206. The third kappa shape index (κ3) is 3.91. The summed E-state index contributed by atoms with van der Waals surface area (Å²) in [5, 5.41) is 0. The number of halogens is 1. The van der Waals surface area contributed by atoms with Gasteiger partial charge in [-0.05, 0) is 49.2 Å². The van der Waals surface area contributed by atoms with Gasteiger partial charge in [-0.2, -0.15) is 4.31 Å². The summed E-state index contributed by atoms with van der Waals surface area (Å²) in [7, 11) is -3.44. The van der Waals surface area contributed by atoms with E-state index in [0.717, 1.165) is 18.5 Å². The van der Waals surface area contributed by atoms with Gasteiger partial charge in [-0.15, -0.1) is 0 Å². The highest BCUT2D eigenvalue weighted by Gasteiger charge is 2.35. The van der Waals surface area contributed by atoms with Crippen molar-refractivity contribution in [3.8, 4) is 5.75 Å². The second kappa shape index (κ2) is 7.27. The van der Waals surface area contributed by atoms with Gasteiger partial charge in [-0.3, -0.25) is 4.98 Å². The number of rotatable bonds is 6. The van der Waals surface area contributed by atoms with Crippen LogP contribution in [0, 0.1) is 5.82 Å². The molecule has 3 rings (SSSR count). The molecule has 0 spiro atoms. The standard InChI is InChI=1S/C17H19FN2O3S/c18-14-6-8-15(9-7-14)23-12-13-24(21,22)20-11-3-5-17(20)16-4-1-2-10-19-16/h1-2,4,6-10,17H,3,5,11-13H2/t17-/m0/s1. The Labute approximate surface area is 141 Å². The normalized spacial score (nSPS) is 18.6. The molecule has 0 unspecified atom stereocenters. The quantitative estimate of drug-likeness (QED) is 0.804. The van der Waals surface area contributed by atoms with Crippen molar-refractivity contribution in [3.05, 3.63) is 60.2 Å². The van der Waals surface area contributed by atoms with Crippen LogP contribution >= 0.6 is 0 Å². The molecular formula is C17H19FN2O3S. The summed E-state index contributed by atoms with van der Waals surface area (Å²) in [6, 6.07) is 10.8. The van der Waals surface area contributed by atoms with Crippen molar-refractivity contribution in [1.82, 2.24) is 9.29 Å². The van der Waals surface area contributed by atoms with Gasteiger partial charge in [0, 0.05) is 12.7 Å². The molecule has 1 saturated heterocycles. The first-order chi connectivity index (χ1) is 11.6. The highest BCUT2D eigenvalue weighted by atomic mass is 32.2. The molecule has 1 aliphatic rings. The SMILES string of the molecule is O=S(=O)(CCOc1ccc(F)cc1)N1CCC[C@H]1c1ccccn1. The summed E-state index contributed by atoms with van der Waals surface area (Å²) in [6.07, 6.45) is 3.27. The zero-order valence-electron chi connectivity index (χ0n) is 13.1. The predicted molar refractivity (Wildman–Crippen MR) is 88.6 cm³/mol. The van der Waals surface area contributed by atoms with E-state index in [1.165, 1.54) is 28.6 Å². The number of hydrogen-bond donors (Lipinski definition) is 0. The summed E-state index contributed by atoms with van der Waals surface area (Å²) < 4.78 is 45.0. The van der Waals surface area contributed by atoms with Gasteiger partial charge in [-0.1, -0.05) is 6.07 Å². The highest BCUT2D eigenvalue weighted by Crippen LogP contribution is 2.33. The van der Waals surface area contributed by atoms with E-state index in [0.29, 0.717) is 12.3 Å². The fraction of sp³-hybridized carbons (Fsp3) is 0.353. The maximum absolute atomic E-state index is 12.8. The van der Waals surface area contributed by atoms with Crippen LogP contribution in [0.5, 0.6) is 5.75 Å². The molecule has 1 aromatic carbocycles. The van der Waals surface area contributed by atoms with Gasteiger partial charge in [0.25, 0.3) is 0 Å². The Morgan fingerprint density at radius 2 is 2.00 bits per heavy atom. The first-order valence-electron chi connectivity index (χ1n) is 7.85. The molecular weight excluding hydrogens is 331 g/mol. The third-order valence-corrected chi connectivity index (χ3v) is 5.85. The first kappa shape index (κ1) is 16.9. The molecule has 7 heteroatoms. The van der Waals surface area contributed by atoms with Crippen LogP contribution in [0.4, 0.5) is 4.39 Å². The lowest BCUT2D eigenvalue weighted by Gasteiger charge is -2.23. The van der Waals surface area contributed by atoms with Crippen molar-refractivity contribution in [3.63, 3.8) is 0 Å². The van der Waals surface area contributed by atoms with E-state index in [1.807, 2.05) is 18.2 Å². The Bertz CT molecular complexity index is 766. The molecule has 0 amide bonds. The maximum atomic E-state index is 12.8. The third-order valence-electron chi connectivity index (χ3n) is 4.01. The fourth-order valence-corrected chi connectivity index (χ4v) is 4.39. The van der Waals surface area contributed by atoms with Crippen LogP contribution in [0.3, 0.4) is 0 Å². The lowest BCUT2D eigenvalue weighted by atomic mass is 10.1. The average Bonchev–Trinajstić information content (AvgIpc) is 3.08. The number of aromatic nitrogens is 1. The molecule has 128 valence electrons. The molecule has 5 nitrogen and oxygen atoms in total. The van der Waals surface area contributed by atoms with Crippen molar-refractivity contribution < 1.29 is 17.5 Å². The number of ether oxygens (including phenoxy) is 1. The van der Waals surface area contributed by atoms with Gasteiger partial charge in [0.2, 0.25) is 10.0 Å². The molecule has 2 aromatic rings. The van der Waals surface area contributed by atoms with E-state index in [9.17, 15) is 12.8 Å². The molecule has 1 aromatic heterocycles. The number of nitrogens with zero attached hydrogens (tertiary/aromatic N) is 2. The van der Waals surface area contributed by atoms with Crippen molar-refractivity contribution in [2.45, 2.75) is 18.9 Å². The lowest BCUT2D eigenvalue weighted by molar-refractivity contribution is 0.330. The molecule has 1 fully saturated rings. The zero-order chi connectivity index (χ0) is 17.0. The van der Waals surface area contributed by atoms with Crippen LogP contribution in [0.15, 0.2) is 48.7 Å². The van der Waals surface area contributed by atoms with Gasteiger partial charge in [0.15, 0.2) is 0 Å². The van der Waals surface area contributed by atoms with Crippen molar-refractivity contribution >= 4 is 10.0 Å². The van der Waals surface area contributed by atoms with E-state index in [1.54, 1.807) is 6.20 Å². The summed E-state index contributed by atoms with van der Waals surface area (Å²) in [5.41, 5.74) is 0.776. The fourth-order valence-electron chi connectivity index (χ4n) is 2.85. The van der Waals surface area contributed by atoms with Gasteiger partial charge in [-0.25, -0.2) is 12.8 Å². The summed E-state index contributed by atoms with van der Waals surface area (Å²) >= 11 is 0. The van der Waals surface area contributed by atoms with Crippen LogP contribution in [0.2, 0.25) is 0 Å². The monoisotopic (exact) mass is 350 g/mol. The Morgan fingerprint density at radius 3 is 2.71 bits per heavy atom. The van der Waals surface area contributed by atoms with E-state index < -0.39 is 10.0 Å². The topological polar surface area (TPSA) is 59.5 Å². The Morgan fingerprint density at radius 1 is 1.21 bits per heavy atom. The van der Waals surface area contributed by atoms with Crippen molar-refractivity contribution in [2.24, 2.45) is 0 Å². The van der Waals surface area contributed by atoms with E-state index in [2.05, 4.69) is 4.98 Å². The molecule has 0 N–H and O–H groups in total. The van der Waals surface area contributed by atoms with E-state index >= 15 is 0 Å². The maximum Gasteiger partial charge on any atom is 0.218 e. The largest absolute Gasteiger partial charge is 0.492 e. The summed E-state index contributed by atoms with van der Waals surface area (Å²) in [6.45, 7) is 0.527. The number of hydrogen-bond acceptors (Lipinski definition) is 4. The van der Waals surface area contributed by atoms with Gasteiger partial charge < -0.3 is 4.74 Å². The van der Waals surface area contributed by atoms with Crippen LogP contribution in [-0.2, 0) is 10.0 Å². The minimum Gasteiger partial charge on any atom is -0.492 e. The van der Waals surface area contributed by atoms with Crippen molar-refractivity contribution in [1.29, 1.82) is 0 Å². The Hall–Kier alpha value is -1.99. The molecule has 24 heavy (non-hydrogen) atoms. The number of sulfonamides is 1. The van der Waals surface area contributed by atoms with Crippen LogP contribution in [0.1, 0.15) is 24.6 Å². The molecule has 0 radical (unpaired) electrons. The summed E-state index contributed by atoms with van der Waals surface area (Å²) in [4.78, 5) is 4.29. The van der Waals surface area contributed by atoms with Crippen molar-refractivity contribution in [2.75, 3.05) is 18.9 Å². The minimum atomic E-state index is -3.44. The molecule has 0 bridgehead atoms. The minimum absolute atomic E-state index is 0.0272.